The summed E-state index contributed by atoms with van der Waals surface area (Å²) in [4.78, 5) is 35.8. The number of aryl methyl sites for hydroxylation is 2. The second-order valence-electron chi connectivity index (χ2n) is 10.8. The molecule has 2 aromatic carbocycles. The summed E-state index contributed by atoms with van der Waals surface area (Å²) in [6.07, 6.45) is 0. The van der Waals surface area contributed by atoms with E-state index in [-0.39, 0.29) is 23.4 Å². The first-order valence-electron chi connectivity index (χ1n) is 13.6. The summed E-state index contributed by atoms with van der Waals surface area (Å²) in [6.45, 7) is 11.1. The first-order valence-corrected chi connectivity index (χ1v) is 14.3. The zero-order valence-electron chi connectivity index (χ0n) is 24.0. The van der Waals surface area contributed by atoms with Crippen LogP contribution in [0, 0.1) is 27.7 Å². The van der Waals surface area contributed by atoms with Crippen LogP contribution >= 0.6 is 23.2 Å². The topological polar surface area (TPSA) is 81.5 Å². The highest BCUT2D eigenvalue weighted by atomic mass is 35.5. The van der Waals surface area contributed by atoms with Gasteiger partial charge in [-0.05, 0) is 100 Å². The van der Waals surface area contributed by atoms with E-state index in [0.717, 1.165) is 67.5 Å². The number of hydrogen-bond acceptors (Lipinski definition) is 2. The Balaban J connectivity index is 1.70. The van der Waals surface area contributed by atoms with E-state index in [1.807, 2.05) is 76.2 Å². The minimum absolute atomic E-state index is 0.0335. The molecule has 0 aliphatic heterocycles. The second-order valence-corrected chi connectivity index (χ2v) is 11.7. The van der Waals surface area contributed by atoms with E-state index >= 15 is 0 Å². The first-order chi connectivity index (χ1) is 19.5. The summed E-state index contributed by atoms with van der Waals surface area (Å²) < 4.78 is 0. The SMILES string of the molecule is CC(=O)c1c(C)[nH]c(C(c2ccc(Cl)cc2)c2ccc(C(c3ccc(Cl)cc3)c3[nH]c(C)c(C(C)=O)c3C)[nH]2)c1C. The average Bonchev–Trinajstić information content (AvgIpc) is 3.58. The molecule has 2 unspecified atom stereocenters. The number of hydrogen-bond donors (Lipinski definition) is 3. The monoisotopic (exact) mass is 585 g/mol. The number of Topliss-reactive ketones (excluding diaryl/α,β-unsaturated/α-hetero) is 2. The van der Waals surface area contributed by atoms with Crippen LogP contribution in [0.25, 0.3) is 0 Å². The average molecular weight is 587 g/mol. The molecule has 0 bridgehead atoms. The minimum Gasteiger partial charge on any atom is -0.361 e. The molecule has 7 heteroatoms. The quantitative estimate of drug-likeness (QED) is 0.159. The third kappa shape index (κ3) is 5.32. The fourth-order valence-corrected chi connectivity index (χ4v) is 6.51. The molecule has 0 amide bonds. The fraction of sp³-hybridized carbons (Fsp3) is 0.235. The molecule has 210 valence electrons. The summed E-state index contributed by atoms with van der Waals surface area (Å²) in [7, 11) is 0. The number of H-pyrrole nitrogens is 3. The van der Waals surface area contributed by atoms with Gasteiger partial charge in [0.05, 0.1) is 11.8 Å². The van der Waals surface area contributed by atoms with Crippen LogP contribution in [-0.2, 0) is 0 Å². The van der Waals surface area contributed by atoms with Gasteiger partial charge < -0.3 is 15.0 Å². The number of carbonyl (C=O) groups is 2. The molecule has 2 atom stereocenters. The van der Waals surface area contributed by atoms with Gasteiger partial charge in [0.2, 0.25) is 0 Å². The van der Waals surface area contributed by atoms with Gasteiger partial charge >= 0.3 is 0 Å². The highest BCUT2D eigenvalue weighted by Gasteiger charge is 2.29. The van der Waals surface area contributed by atoms with Gasteiger partial charge in [-0.1, -0.05) is 47.5 Å². The Morgan fingerprint density at radius 2 is 0.902 bits per heavy atom. The van der Waals surface area contributed by atoms with Crippen LogP contribution in [0.15, 0.2) is 60.7 Å². The molecule has 0 aliphatic rings. The summed E-state index contributed by atoms with van der Waals surface area (Å²) in [5.41, 5.74) is 10.9. The zero-order valence-corrected chi connectivity index (χ0v) is 25.5. The Bertz CT molecular complexity index is 1630. The van der Waals surface area contributed by atoms with Gasteiger partial charge in [0.25, 0.3) is 0 Å². The highest BCUT2D eigenvalue weighted by molar-refractivity contribution is 6.30. The van der Waals surface area contributed by atoms with Crippen molar-refractivity contribution in [3.8, 4) is 0 Å². The molecular weight excluding hydrogens is 553 g/mol. The van der Waals surface area contributed by atoms with Crippen molar-refractivity contribution >= 4 is 34.8 Å². The van der Waals surface area contributed by atoms with Crippen molar-refractivity contribution in [1.82, 2.24) is 15.0 Å². The molecular formula is C34H33Cl2N3O2. The number of aromatic nitrogens is 3. The lowest BCUT2D eigenvalue weighted by atomic mass is 9.89. The van der Waals surface area contributed by atoms with E-state index in [1.165, 1.54) is 0 Å². The van der Waals surface area contributed by atoms with Crippen LogP contribution in [0.3, 0.4) is 0 Å². The van der Waals surface area contributed by atoms with E-state index in [0.29, 0.717) is 10.0 Å². The smallest absolute Gasteiger partial charge is 0.161 e. The third-order valence-corrected chi connectivity index (χ3v) is 8.50. The molecule has 5 nitrogen and oxygen atoms in total. The molecule has 5 rings (SSSR count). The molecule has 5 aromatic rings. The molecule has 41 heavy (non-hydrogen) atoms. The van der Waals surface area contributed by atoms with Crippen molar-refractivity contribution in [2.75, 3.05) is 0 Å². The van der Waals surface area contributed by atoms with E-state index in [4.69, 9.17) is 23.2 Å². The van der Waals surface area contributed by atoms with Crippen LogP contribution in [0.5, 0.6) is 0 Å². The number of aromatic amines is 3. The van der Waals surface area contributed by atoms with Crippen molar-refractivity contribution < 1.29 is 9.59 Å². The Hall–Kier alpha value is -3.80. The largest absolute Gasteiger partial charge is 0.361 e. The lowest BCUT2D eigenvalue weighted by Crippen LogP contribution is -2.09. The molecule has 0 saturated heterocycles. The molecule has 0 saturated carbocycles. The van der Waals surface area contributed by atoms with Gasteiger partial charge in [-0.25, -0.2) is 0 Å². The van der Waals surface area contributed by atoms with Crippen molar-refractivity contribution in [2.45, 2.75) is 53.4 Å². The predicted octanol–water partition coefficient (Wildman–Crippen LogP) is 8.98. The Labute approximate surface area is 250 Å². The summed E-state index contributed by atoms with van der Waals surface area (Å²) >= 11 is 12.5. The molecule has 0 aliphatic carbocycles. The zero-order chi connectivity index (χ0) is 29.6. The number of rotatable bonds is 8. The van der Waals surface area contributed by atoms with Crippen LogP contribution in [0.4, 0.5) is 0 Å². The Morgan fingerprint density at radius 1 is 0.561 bits per heavy atom. The van der Waals surface area contributed by atoms with Gasteiger partial charge in [-0.15, -0.1) is 0 Å². The minimum atomic E-state index is -0.196. The number of halogens is 2. The normalized spacial score (nSPS) is 12.9. The summed E-state index contributed by atoms with van der Waals surface area (Å²) in [5, 5.41) is 1.32. The summed E-state index contributed by atoms with van der Waals surface area (Å²) in [5.74, 6) is -0.326. The maximum absolute atomic E-state index is 12.5. The lowest BCUT2D eigenvalue weighted by Gasteiger charge is -2.20. The molecule has 0 spiro atoms. The summed E-state index contributed by atoms with van der Waals surface area (Å²) in [6, 6.07) is 19.8. The molecule has 3 aromatic heterocycles. The van der Waals surface area contributed by atoms with Crippen molar-refractivity contribution in [1.29, 1.82) is 0 Å². The molecule has 3 N–H and O–H groups in total. The van der Waals surface area contributed by atoms with Crippen molar-refractivity contribution in [3.63, 3.8) is 0 Å². The standard InChI is InChI=1S/C34H33Cl2N3O2/c1-17-29(21(5)40)19(3)37-33(17)31(23-7-11-25(35)12-8-23)27-15-16-28(39-27)32(24-9-13-26(36)14-10-24)34-18(2)30(22(6)41)20(4)38-34/h7-16,31-32,37-39H,1-6H3. The number of nitrogens with one attached hydrogen (secondary N) is 3. The van der Waals surface area contributed by atoms with Gasteiger partial charge in [0, 0.05) is 55.3 Å². The van der Waals surface area contributed by atoms with E-state index in [9.17, 15) is 9.59 Å². The maximum atomic E-state index is 12.5. The molecule has 3 heterocycles. The van der Waals surface area contributed by atoms with Gasteiger partial charge in [-0.3, -0.25) is 9.59 Å². The number of carbonyl (C=O) groups excluding carboxylic acids is 2. The van der Waals surface area contributed by atoms with E-state index in [1.54, 1.807) is 13.8 Å². The number of benzene rings is 2. The van der Waals surface area contributed by atoms with E-state index in [2.05, 4.69) is 27.1 Å². The van der Waals surface area contributed by atoms with Crippen molar-refractivity contribution in [3.05, 3.63) is 138 Å². The van der Waals surface area contributed by atoms with Gasteiger partial charge in [0.15, 0.2) is 11.6 Å². The van der Waals surface area contributed by atoms with Gasteiger partial charge in [-0.2, -0.15) is 0 Å². The number of ketones is 2. The maximum Gasteiger partial charge on any atom is 0.161 e. The van der Waals surface area contributed by atoms with Crippen LogP contribution in [-0.4, -0.2) is 26.5 Å². The fourth-order valence-electron chi connectivity index (χ4n) is 6.26. The van der Waals surface area contributed by atoms with Crippen LogP contribution in [0.1, 0.15) is 103 Å². The van der Waals surface area contributed by atoms with Crippen LogP contribution in [0.2, 0.25) is 10.0 Å². The van der Waals surface area contributed by atoms with Gasteiger partial charge in [0.1, 0.15) is 0 Å². The molecule has 0 fully saturated rings. The van der Waals surface area contributed by atoms with E-state index < -0.39 is 0 Å². The molecule has 0 radical (unpaired) electrons. The Morgan fingerprint density at radius 3 is 1.20 bits per heavy atom. The lowest BCUT2D eigenvalue weighted by molar-refractivity contribution is 0.100. The second kappa shape index (κ2) is 11.2. The highest BCUT2D eigenvalue weighted by Crippen LogP contribution is 2.39. The third-order valence-electron chi connectivity index (χ3n) is 7.99. The predicted molar refractivity (Wildman–Crippen MR) is 166 cm³/mol. The van der Waals surface area contributed by atoms with Crippen LogP contribution < -0.4 is 0 Å². The van der Waals surface area contributed by atoms with Crippen molar-refractivity contribution in [2.24, 2.45) is 0 Å². The first kappa shape index (κ1) is 28.7. The Kier molecular flexibility index (Phi) is 7.87.